The van der Waals surface area contributed by atoms with Crippen LogP contribution in [0.25, 0.3) is 0 Å². The molecule has 3 rings (SSSR count). The lowest BCUT2D eigenvalue weighted by Crippen LogP contribution is -2.15. The number of amides is 1. The van der Waals surface area contributed by atoms with Crippen LogP contribution in [0.15, 0.2) is 66.3 Å². The second-order valence-electron chi connectivity index (χ2n) is 7.21. The third-order valence-electron chi connectivity index (χ3n) is 4.76. The van der Waals surface area contributed by atoms with Crippen molar-refractivity contribution in [3.8, 4) is 5.75 Å². The zero-order chi connectivity index (χ0) is 22.1. The lowest BCUT2D eigenvalue weighted by atomic mass is 10.1. The van der Waals surface area contributed by atoms with E-state index in [2.05, 4.69) is 34.2 Å². The molecule has 162 valence electrons. The Morgan fingerprint density at radius 3 is 2.71 bits per heavy atom. The number of rotatable bonds is 11. The summed E-state index contributed by atoms with van der Waals surface area (Å²) in [4.78, 5) is 12.3. The lowest BCUT2D eigenvalue weighted by molar-refractivity contribution is -0.113. The lowest BCUT2D eigenvalue weighted by Gasteiger charge is -2.09. The molecule has 7 heteroatoms. The molecule has 1 heterocycles. The molecule has 6 nitrogen and oxygen atoms in total. The summed E-state index contributed by atoms with van der Waals surface area (Å²) in [5.41, 5.74) is 3.17. The average molecular weight is 437 g/mol. The highest BCUT2D eigenvalue weighted by Gasteiger charge is 2.13. The third kappa shape index (κ3) is 6.72. The van der Waals surface area contributed by atoms with E-state index in [-0.39, 0.29) is 11.7 Å². The highest BCUT2D eigenvalue weighted by molar-refractivity contribution is 7.99. The van der Waals surface area contributed by atoms with E-state index < -0.39 is 0 Å². The maximum absolute atomic E-state index is 12.3. The molecule has 0 bridgehead atoms. The highest BCUT2D eigenvalue weighted by Crippen LogP contribution is 2.20. The number of allylic oxidation sites excluding steroid dienone is 1. The normalized spacial score (nSPS) is 10.6. The van der Waals surface area contributed by atoms with Crippen molar-refractivity contribution >= 4 is 23.4 Å². The molecule has 0 fully saturated rings. The molecular weight excluding hydrogens is 408 g/mol. The second-order valence-corrected chi connectivity index (χ2v) is 8.15. The van der Waals surface area contributed by atoms with Crippen LogP contribution >= 0.6 is 11.8 Å². The quantitative estimate of drug-likeness (QED) is 0.349. The fourth-order valence-corrected chi connectivity index (χ4v) is 3.98. The number of aryl methyl sites for hydroxylation is 3. The number of anilines is 1. The van der Waals surface area contributed by atoms with E-state index in [9.17, 15) is 4.79 Å². The Balaban J connectivity index is 1.55. The highest BCUT2D eigenvalue weighted by atomic mass is 32.2. The van der Waals surface area contributed by atoms with Crippen molar-refractivity contribution in [1.29, 1.82) is 0 Å². The van der Waals surface area contributed by atoms with E-state index >= 15 is 0 Å². The van der Waals surface area contributed by atoms with E-state index in [0.717, 1.165) is 47.2 Å². The first kappa shape index (κ1) is 22.6. The fourth-order valence-electron chi connectivity index (χ4n) is 3.22. The van der Waals surface area contributed by atoms with Gasteiger partial charge in [0, 0.05) is 18.7 Å². The first-order valence-corrected chi connectivity index (χ1v) is 11.2. The van der Waals surface area contributed by atoms with Gasteiger partial charge in [-0.05, 0) is 55.2 Å². The Labute approximate surface area is 187 Å². The number of ether oxygens (including phenoxy) is 1. The van der Waals surface area contributed by atoms with Gasteiger partial charge in [0.1, 0.15) is 11.6 Å². The van der Waals surface area contributed by atoms with Crippen molar-refractivity contribution in [2.24, 2.45) is 0 Å². The number of hydrogen-bond donors (Lipinski definition) is 1. The van der Waals surface area contributed by atoms with Crippen LogP contribution in [-0.2, 0) is 24.2 Å². The molecule has 0 spiro atoms. The summed E-state index contributed by atoms with van der Waals surface area (Å²) in [6, 6.07) is 15.9. The Kier molecular flexibility index (Phi) is 8.29. The van der Waals surface area contributed by atoms with Crippen LogP contribution in [0.2, 0.25) is 0 Å². The largest absolute Gasteiger partial charge is 0.497 e. The minimum atomic E-state index is -0.0650. The van der Waals surface area contributed by atoms with Gasteiger partial charge >= 0.3 is 0 Å². The first-order chi connectivity index (χ1) is 15.1. The smallest absolute Gasteiger partial charge is 0.234 e. The maximum atomic E-state index is 12.3. The standard InChI is InChI=1S/C24H28N4O2S/c1-4-15-28-22(10-6-8-19-11-13-21(30-3)14-12-19)26-27-24(28)31-17-23(29)25-20-9-5-7-18(2)16-20/h4-5,7,9,11-14,16H,1,6,8,10,15,17H2,2-3H3,(H,25,29). The molecule has 1 N–H and O–H groups in total. The van der Waals surface area contributed by atoms with Gasteiger partial charge in [0.2, 0.25) is 5.91 Å². The number of methoxy groups -OCH3 is 1. The average Bonchev–Trinajstić information content (AvgIpc) is 3.14. The Morgan fingerprint density at radius 2 is 2.00 bits per heavy atom. The van der Waals surface area contributed by atoms with Gasteiger partial charge in [-0.3, -0.25) is 4.79 Å². The molecule has 1 amide bonds. The molecule has 3 aromatic rings. The molecule has 0 atom stereocenters. The second kappa shape index (κ2) is 11.4. The van der Waals surface area contributed by atoms with Crippen molar-refractivity contribution in [3.05, 3.63) is 78.1 Å². The van der Waals surface area contributed by atoms with Gasteiger partial charge in [-0.15, -0.1) is 16.8 Å². The summed E-state index contributed by atoms with van der Waals surface area (Å²) in [6.45, 7) is 6.46. The molecule has 0 saturated heterocycles. The number of hydrogen-bond acceptors (Lipinski definition) is 5. The van der Waals surface area contributed by atoms with Gasteiger partial charge < -0.3 is 14.6 Å². The van der Waals surface area contributed by atoms with Gasteiger partial charge in [0.05, 0.1) is 12.9 Å². The van der Waals surface area contributed by atoms with Crippen molar-refractivity contribution in [1.82, 2.24) is 14.8 Å². The van der Waals surface area contributed by atoms with Crippen LogP contribution in [-0.4, -0.2) is 33.5 Å². The van der Waals surface area contributed by atoms with Gasteiger partial charge in [0.25, 0.3) is 0 Å². The number of thioether (sulfide) groups is 1. The first-order valence-electron chi connectivity index (χ1n) is 10.2. The molecule has 0 radical (unpaired) electrons. The minimum Gasteiger partial charge on any atom is -0.497 e. The molecular formula is C24H28N4O2S. The Morgan fingerprint density at radius 1 is 1.19 bits per heavy atom. The Hall–Kier alpha value is -3.06. The number of aromatic nitrogens is 3. The predicted octanol–water partition coefficient (Wildman–Crippen LogP) is 4.69. The number of carbonyl (C=O) groups excluding carboxylic acids is 1. The van der Waals surface area contributed by atoms with E-state index in [1.165, 1.54) is 17.3 Å². The third-order valence-corrected chi connectivity index (χ3v) is 5.73. The molecule has 0 saturated carbocycles. The predicted molar refractivity (Wildman–Crippen MR) is 126 cm³/mol. The summed E-state index contributed by atoms with van der Waals surface area (Å²) in [5.74, 6) is 1.98. The van der Waals surface area contributed by atoms with E-state index in [0.29, 0.717) is 6.54 Å². The van der Waals surface area contributed by atoms with Crippen molar-refractivity contribution in [2.45, 2.75) is 37.9 Å². The molecule has 0 aliphatic rings. The summed E-state index contributed by atoms with van der Waals surface area (Å²) in [5, 5.41) is 12.3. The summed E-state index contributed by atoms with van der Waals surface area (Å²) in [6.07, 6.45) is 4.54. The zero-order valence-corrected chi connectivity index (χ0v) is 18.8. The summed E-state index contributed by atoms with van der Waals surface area (Å²) >= 11 is 1.39. The van der Waals surface area contributed by atoms with Crippen molar-refractivity contribution in [3.63, 3.8) is 0 Å². The van der Waals surface area contributed by atoms with Gasteiger partial charge in [-0.1, -0.05) is 42.1 Å². The zero-order valence-electron chi connectivity index (χ0n) is 18.0. The number of carbonyl (C=O) groups is 1. The summed E-state index contributed by atoms with van der Waals surface area (Å²) in [7, 11) is 1.67. The van der Waals surface area contributed by atoms with Crippen LogP contribution in [0.3, 0.4) is 0 Å². The van der Waals surface area contributed by atoms with Crippen LogP contribution in [0.1, 0.15) is 23.4 Å². The van der Waals surface area contributed by atoms with Gasteiger partial charge in [-0.2, -0.15) is 0 Å². The minimum absolute atomic E-state index is 0.0650. The molecule has 0 aliphatic heterocycles. The molecule has 1 aromatic heterocycles. The molecule has 31 heavy (non-hydrogen) atoms. The van der Waals surface area contributed by atoms with Gasteiger partial charge in [0.15, 0.2) is 5.16 Å². The summed E-state index contributed by atoms with van der Waals surface area (Å²) < 4.78 is 7.24. The number of nitrogens with zero attached hydrogens (tertiary/aromatic N) is 3. The fraction of sp³-hybridized carbons (Fsp3) is 0.292. The van der Waals surface area contributed by atoms with Crippen LogP contribution in [0, 0.1) is 6.92 Å². The van der Waals surface area contributed by atoms with E-state index in [1.807, 2.05) is 54.0 Å². The molecule has 0 aliphatic carbocycles. The molecule has 0 unspecified atom stereocenters. The SMILES string of the molecule is C=CCn1c(CCCc2ccc(OC)cc2)nnc1SCC(=O)Nc1cccc(C)c1. The van der Waals surface area contributed by atoms with Crippen LogP contribution < -0.4 is 10.1 Å². The van der Waals surface area contributed by atoms with Crippen LogP contribution in [0.4, 0.5) is 5.69 Å². The Bertz CT molecular complexity index is 1010. The van der Waals surface area contributed by atoms with Crippen molar-refractivity contribution in [2.75, 3.05) is 18.2 Å². The van der Waals surface area contributed by atoms with E-state index in [1.54, 1.807) is 7.11 Å². The van der Waals surface area contributed by atoms with Gasteiger partial charge in [-0.25, -0.2) is 0 Å². The number of benzene rings is 2. The van der Waals surface area contributed by atoms with E-state index in [4.69, 9.17) is 4.74 Å². The van der Waals surface area contributed by atoms with Crippen LogP contribution in [0.5, 0.6) is 5.75 Å². The number of nitrogens with one attached hydrogen (secondary N) is 1. The topological polar surface area (TPSA) is 69.0 Å². The maximum Gasteiger partial charge on any atom is 0.234 e. The molecule has 2 aromatic carbocycles. The monoisotopic (exact) mass is 436 g/mol. The van der Waals surface area contributed by atoms with Crippen molar-refractivity contribution < 1.29 is 9.53 Å².